The fraction of sp³-hybridized carbons (Fsp3) is 0.205. The molecule has 0 fully saturated rings. The Balaban J connectivity index is 1.28. The zero-order valence-corrected chi connectivity index (χ0v) is 28.7. The lowest BCUT2D eigenvalue weighted by Crippen LogP contribution is -2.31. The monoisotopic (exact) mass is 715 g/mol. The second-order valence-corrected chi connectivity index (χ2v) is 14.3. The SMILES string of the molecule is COc1ccc(CN(c2cccc(F)n2)S(=O)(=O)c2ccc3c(c2)CC[C@@H]3c2ccc(C(F)(F)F)cc2-c2ccc3c(ccn3C)c2)c(OC)c1. The molecule has 262 valence electrons. The Morgan fingerprint density at radius 2 is 1.71 bits per heavy atom. The van der Waals surface area contributed by atoms with Crippen LogP contribution in [0.3, 0.4) is 0 Å². The van der Waals surface area contributed by atoms with Gasteiger partial charge in [-0.15, -0.1) is 0 Å². The summed E-state index contributed by atoms with van der Waals surface area (Å²) in [5.74, 6) is -0.341. The Hall–Kier alpha value is -5.36. The maximum absolute atomic E-state index is 14.4. The molecule has 0 spiro atoms. The molecule has 51 heavy (non-hydrogen) atoms. The van der Waals surface area contributed by atoms with Crippen molar-refractivity contribution in [2.45, 2.75) is 36.4 Å². The van der Waals surface area contributed by atoms with Gasteiger partial charge in [0.2, 0.25) is 5.95 Å². The third-order valence-electron chi connectivity index (χ3n) is 9.50. The van der Waals surface area contributed by atoms with Crippen molar-refractivity contribution in [1.82, 2.24) is 9.55 Å². The van der Waals surface area contributed by atoms with Crippen LogP contribution in [-0.4, -0.2) is 32.2 Å². The minimum absolute atomic E-state index is 0.0254. The van der Waals surface area contributed by atoms with E-state index in [9.17, 15) is 26.0 Å². The molecule has 7 nitrogen and oxygen atoms in total. The minimum atomic E-state index is -4.53. The van der Waals surface area contributed by atoms with E-state index in [-0.39, 0.29) is 23.2 Å². The zero-order chi connectivity index (χ0) is 36.1. The standard InChI is InChI=1S/C39H33F4N3O4S/c1-45-18-17-26-19-24(9-16-35(26)45)34-21-28(39(41,42)43)10-14-33(34)32-13-8-25-20-30(12-15-31(25)32)51(47,48)46(38-6-4-5-37(40)44-38)23-27-7-11-29(49-2)22-36(27)50-3/h4-7,9-12,14-22,32H,8,13,23H2,1-3H3/t32-/m0/s1. The molecule has 1 aliphatic rings. The summed E-state index contributed by atoms with van der Waals surface area (Å²) in [5, 5.41) is 0.907. The van der Waals surface area contributed by atoms with Crippen molar-refractivity contribution in [3.05, 3.63) is 137 Å². The molecular weight excluding hydrogens is 683 g/mol. The summed E-state index contributed by atoms with van der Waals surface area (Å²) in [6, 6.07) is 25.1. The smallest absolute Gasteiger partial charge is 0.416 e. The van der Waals surface area contributed by atoms with E-state index in [1.54, 1.807) is 30.3 Å². The fourth-order valence-electron chi connectivity index (χ4n) is 6.90. The fourth-order valence-corrected chi connectivity index (χ4v) is 8.35. The van der Waals surface area contributed by atoms with E-state index in [1.807, 2.05) is 42.1 Å². The van der Waals surface area contributed by atoms with Crippen molar-refractivity contribution >= 4 is 26.7 Å². The Kier molecular flexibility index (Phi) is 8.74. The number of alkyl halides is 3. The first kappa shape index (κ1) is 34.1. The molecule has 2 aromatic heterocycles. The Labute approximate surface area is 292 Å². The maximum atomic E-state index is 14.4. The number of aromatic nitrogens is 2. The second-order valence-electron chi connectivity index (χ2n) is 12.5. The van der Waals surface area contributed by atoms with E-state index in [1.165, 1.54) is 44.6 Å². The molecule has 0 bridgehead atoms. The average molecular weight is 716 g/mol. The van der Waals surface area contributed by atoms with E-state index in [4.69, 9.17) is 9.47 Å². The molecule has 0 radical (unpaired) electrons. The molecule has 1 atom stereocenters. The number of ether oxygens (including phenoxy) is 2. The summed E-state index contributed by atoms with van der Waals surface area (Å²) in [4.78, 5) is 3.87. The predicted octanol–water partition coefficient (Wildman–Crippen LogP) is 8.89. The lowest BCUT2D eigenvalue weighted by atomic mass is 9.85. The number of hydrogen-bond acceptors (Lipinski definition) is 5. The largest absolute Gasteiger partial charge is 0.497 e. The number of pyridine rings is 1. The first-order valence-corrected chi connectivity index (χ1v) is 17.6. The first-order valence-electron chi connectivity index (χ1n) is 16.1. The van der Waals surface area contributed by atoms with Gasteiger partial charge in [-0.25, -0.2) is 17.7 Å². The number of nitrogens with zero attached hydrogens (tertiary/aromatic N) is 3. The predicted molar refractivity (Wildman–Crippen MR) is 187 cm³/mol. The molecule has 0 saturated carbocycles. The maximum Gasteiger partial charge on any atom is 0.416 e. The van der Waals surface area contributed by atoms with Gasteiger partial charge in [0.1, 0.15) is 17.3 Å². The van der Waals surface area contributed by atoms with Crippen LogP contribution in [0.2, 0.25) is 0 Å². The van der Waals surface area contributed by atoms with Crippen molar-refractivity contribution in [1.29, 1.82) is 0 Å². The molecule has 0 aliphatic heterocycles. The van der Waals surface area contributed by atoms with Gasteiger partial charge in [-0.2, -0.15) is 17.6 Å². The molecule has 4 aromatic carbocycles. The van der Waals surface area contributed by atoms with Crippen LogP contribution in [0.15, 0.2) is 108 Å². The molecule has 7 rings (SSSR count). The van der Waals surface area contributed by atoms with Crippen LogP contribution >= 0.6 is 0 Å². The summed E-state index contributed by atoms with van der Waals surface area (Å²) in [5.41, 5.74) is 4.18. The number of halogens is 4. The van der Waals surface area contributed by atoms with E-state index in [2.05, 4.69) is 4.98 Å². The van der Waals surface area contributed by atoms with Crippen molar-refractivity contribution in [2.24, 2.45) is 7.05 Å². The summed E-state index contributed by atoms with van der Waals surface area (Å²) in [6.07, 6.45) is -1.55. The van der Waals surface area contributed by atoms with Gasteiger partial charge in [0.25, 0.3) is 10.0 Å². The van der Waals surface area contributed by atoms with Crippen LogP contribution in [0.25, 0.3) is 22.0 Å². The number of rotatable bonds is 9. The van der Waals surface area contributed by atoms with Gasteiger partial charge >= 0.3 is 6.18 Å². The highest BCUT2D eigenvalue weighted by atomic mass is 32.2. The van der Waals surface area contributed by atoms with Gasteiger partial charge in [0.05, 0.1) is 31.2 Å². The van der Waals surface area contributed by atoms with Crippen LogP contribution < -0.4 is 13.8 Å². The van der Waals surface area contributed by atoms with Gasteiger partial charge in [-0.05, 0) is 107 Å². The summed E-state index contributed by atoms with van der Waals surface area (Å²) in [6.45, 7) is -0.216. The number of hydrogen-bond donors (Lipinski definition) is 0. The van der Waals surface area contributed by atoms with E-state index < -0.39 is 27.7 Å². The van der Waals surface area contributed by atoms with E-state index in [0.29, 0.717) is 41.0 Å². The summed E-state index contributed by atoms with van der Waals surface area (Å²) < 4.78 is 98.8. The highest BCUT2D eigenvalue weighted by molar-refractivity contribution is 7.92. The molecule has 6 aromatic rings. The molecule has 1 aliphatic carbocycles. The normalized spacial score (nSPS) is 14.5. The van der Waals surface area contributed by atoms with Crippen LogP contribution in [0.4, 0.5) is 23.4 Å². The number of benzene rings is 4. The van der Waals surface area contributed by atoms with Crippen molar-refractivity contribution in [3.63, 3.8) is 0 Å². The topological polar surface area (TPSA) is 73.7 Å². The number of aryl methyl sites for hydroxylation is 2. The Bertz CT molecular complexity index is 2390. The average Bonchev–Trinajstić information content (AvgIpc) is 3.72. The molecule has 0 amide bonds. The third kappa shape index (κ3) is 6.40. The quantitative estimate of drug-likeness (QED) is 0.111. The molecular formula is C39H33F4N3O4S. The third-order valence-corrected chi connectivity index (χ3v) is 11.2. The van der Waals surface area contributed by atoms with Crippen LogP contribution in [0.1, 0.15) is 40.2 Å². The molecule has 0 saturated heterocycles. The lowest BCUT2D eigenvalue weighted by Gasteiger charge is -2.25. The van der Waals surface area contributed by atoms with Crippen molar-refractivity contribution in [2.75, 3.05) is 18.5 Å². The molecule has 12 heteroatoms. The van der Waals surface area contributed by atoms with Crippen LogP contribution in [0, 0.1) is 5.95 Å². The lowest BCUT2D eigenvalue weighted by molar-refractivity contribution is -0.137. The van der Waals surface area contributed by atoms with Gasteiger partial charge in [-0.1, -0.05) is 24.3 Å². The summed E-state index contributed by atoms with van der Waals surface area (Å²) in [7, 11) is 0.550. The van der Waals surface area contributed by atoms with Gasteiger partial charge in [-0.3, -0.25) is 0 Å². The number of sulfonamides is 1. The van der Waals surface area contributed by atoms with Gasteiger partial charge < -0.3 is 14.0 Å². The minimum Gasteiger partial charge on any atom is -0.497 e. The molecule has 0 N–H and O–H groups in total. The van der Waals surface area contributed by atoms with E-state index >= 15 is 0 Å². The molecule has 0 unspecified atom stereocenters. The highest BCUT2D eigenvalue weighted by Crippen LogP contribution is 2.45. The summed E-state index contributed by atoms with van der Waals surface area (Å²) >= 11 is 0. The highest BCUT2D eigenvalue weighted by Gasteiger charge is 2.35. The Morgan fingerprint density at radius 1 is 0.902 bits per heavy atom. The first-order chi connectivity index (χ1) is 24.4. The van der Waals surface area contributed by atoms with Gasteiger partial charge in [0.15, 0.2) is 0 Å². The molecule has 2 heterocycles. The van der Waals surface area contributed by atoms with Gasteiger partial charge in [0, 0.05) is 41.7 Å². The number of fused-ring (bicyclic) bond motifs is 2. The van der Waals surface area contributed by atoms with Crippen molar-refractivity contribution < 1.29 is 35.5 Å². The zero-order valence-electron chi connectivity index (χ0n) is 27.9. The second kappa shape index (κ2) is 13.1. The van der Waals surface area contributed by atoms with Crippen molar-refractivity contribution in [3.8, 4) is 22.6 Å². The Morgan fingerprint density at radius 3 is 2.45 bits per heavy atom. The van der Waals surface area contributed by atoms with Crippen LogP contribution in [0.5, 0.6) is 11.5 Å². The number of anilines is 1. The van der Waals surface area contributed by atoms with Crippen LogP contribution in [-0.2, 0) is 36.2 Å². The van der Waals surface area contributed by atoms with E-state index in [0.717, 1.165) is 44.0 Å². The number of methoxy groups -OCH3 is 2.